The highest BCUT2D eigenvalue weighted by Crippen LogP contribution is 2.21. The van der Waals surface area contributed by atoms with Crippen molar-refractivity contribution in [1.82, 2.24) is 25.3 Å². The third kappa shape index (κ3) is 5.44. The number of carbonyl (C=O) groups excluding carboxylic acids is 3. The summed E-state index contributed by atoms with van der Waals surface area (Å²) in [6.07, 6.45) is 4.35. The van der Waals surface area contributed by atoms with E-state index in [1.165, 1.54) is 0 Å². The number of hydrogen-bond acceptors (Lipinski definition) is 5. The van der Waals surface area contributed by atoms with Gasteiger partial charge in [0.25, 0.3) is 0 Å². The molecule has 1 saturated heterocycles. The number of rotatable bonds is 8. The second kappa shape index (κ2) is 10.0. The Balaban J connectivity index is 1.55. The summed E-state index contributed by atoms with van der Waals surface area (Å²) in [5.74, 6) is -0.801. The zero-order chi connectivity index (χ0) is 21.5. The maximum absolute atomic E-state index is 12.7. The third-order valence-electron chi connectivity index (χ3n) is 5.30. The van der Waals surface area contributed by atoms with Gasteiger partial charge in [-0.3, -0.25) is 19.1 Å². The van der Waals surface area contributed by atoms with Crippen LogP contribution in [-0.2, 0) is 14.4 Å². The summed E-state index contributed by atoms with van der Waals surface area (Å²) >= 11 is 0. The molecule has 1 aromatic heterocycles. The quantitative estimate of drug-likeness (QED) is 0.578. The molecule has 2 heterocycles. The minimum Gasteiger partial charge on any atom is -0.359 e. The summed E-state index contributed by atoms with van der Waals surface area (Å²) < 4.78 is 1.84. The van der Waals surface area contributed by atoms with Crippen molar-refractivity contribution in [3.05, 3.63) is 54.4 Å². The van der Waals surface area contributed by atoms with E-state index in [0.29, 0.717) is 13.1 Å². The van der Waals surface area contributed by atoms with E-state index >= 15 is 0 Å². The van der Waals surface area contributed by atoms with Gasteiger partial charge in [-0.15, -0.1) is 0 Å². The smallest absolute Gasteiger partial charge is 0.240 e. The lowest BCUT2D eigenvalue weighted by atomic mass is 10.0. The molecular formula is C21H28N6O3. The molecule has 0 aliphatic carbocycles. The van der Waals surface area contributed by atoms with Crippen molar-refractivity contribution < 1.29 is 14.4 Å². The molecule has 0 bridgehead atoms. The van der Waals surface area contributed by atoms with E-state index < -0.39 is 12.1 Å². The van der Waals surface area contributed by atoms with Crippen molar-refractivity contribution >= 4 is 17.7 Å². The van der Waals surface area contributed by atoms with Gasteiger partial charge in [0.2, 0.25) is 17.7 Å². The van der Waals surface area contributed by atoms with Gasteiger partial charge in [0.1, 0.15) is 0 Å². The predicted octanol–water partition coefficient (Wildman–Crippen LogP) is 0.368. The second-order valence-electron chi connectivity index (χ2n) is 7.43. The standard InChI is InChI=1S/C21H28N6O3/c1-23-19(28)13-18(15-6-3-2-4-7-15)25-20(29)12-17(22)21(30)26-11-8-16(14-26)27-10-5-9-24-27/h2-7,9-10,16-18H,8,11-14,22H2,1H3,(H,23,28)(H,25,29)/t16?,17?,18-/m0/s1. The minimum atomic E-state index is -0.933. The molecule has 2 unspecified atom stereocenters. The molecule has 1 aliphatic rings. The lowest BCUT2D eigenvalue weighted by Crippen LogP contribution is -2.46. The molecular weight excluding hydrogens is 384 g/mol. The number of aromatic nitrogens is 2. The van der Waals surface area contributed by atoms with Crippen LogP contribution in [0.4, 0.5) is 0 Å². The maximum atomic E-state index is 12.7. The summed E-state index contributed by atoms with van der Waals surface area (Å²) in [5.41, 5.74) is 6.87. The van der Waals surface area contributed by atoms with Crippen molar-refractivity contribution in [2.45, 2.75) is 37.4 Å². The number of carbonyl (C=O) groups is 3. The van der Waals surface area contributed by atoms with E-state index in [1.54, 1.807) is 18.1 Å². The molecule has 3 amide bonds. The predicted molar refractivity (Wildman–Crippen MR) is 111 cm³/mol. The molecule has 160 valence electrons. The van der Waals surface area contributed by atoms with Crippen LogP contribution in [0.3, 0.4) is 0 Å². The lowest BCUT2D eigenvalue weighted by molar-refractivity contribution is -0.134. The molecule has 1 fully saturated rings. The average Bonchev–Trinajstić information content (AvgIpc) is 3.45. The molecule has 3 rings (SSSR count). The maximum Gasteiger partial charge on any atom is 0.240 e. The second-order valence-corrected chi connectivity index (χ2v) is 7.43. The van der Waals surface area contributed by atoms with Crippen molar-refractivity contribution in [2.75, 3.05) is 20.1 Å². The first-order chi connectivity index (χ1) is 14.5. The van der Waals surface area contributed by atoms with Crippen LogP contribution in [0.5, 0.6) is 0 Å². The number of nitrogens with one attached hydrogen (secondary N) is 2. The zero-order valence-corrected chi connectivity index (χ0v) is 17.0. The summed E-state index contributed by atoms with van der Waals surface area (Å²) in [5, 5.41) is 9.64. The molecule has 9 nitrogen and oxygen atoms in total. The third-order valence-corrected chi connectivity index (χ3v) is 5.30. The van der Waals surface area contributed by atoms with Gasteiger partial charge in [-0.25, -0.2) is 0 Å². The molecule has 0 spiro atoms. The van der Waals surface area contributed by atoms with E-state index in [4.69, 9.17) is 5.73 Å². The fourth-order valence-electron chi connectivity index (χ4n) is 3.65. The zero-order valence-electron chi connectivity index (χ0n) is 17.0. The molecule has 30 heavy (non-hydrogen) atoms. The largest absolute Gasteiger partial charge is 0.359 e. The first kappa shape index (κ1) is 21.5. The molecule has 0 radical (unpaired) electrons. The Kier molecular flexibility index (Phi) is 7.18. The molecule has 4 N–H and O–H groups in total. The van der Waals surface area contributed by atoms with Gasteiger partial charge < -0.3 is 21.3 Å². The Bertz CT molecular complexity index is 855. The van der Waals surface area contributed by atoms with Crippen LogP contribution in [0, 0.1) is 0 Å². The highest BCUT2D eigenvalue weighted by molar-refractivity contribution is 5.88. The summed E-state index contributed by atoms with van der Waals surface area (Å²) in [6, 6.07) is 9.80. The summed E-state index contributed by atoms with van der Waals surface area (Å²) in [7, 11) is 1.55. The van der Waals surface area contributed by atoms with Crippen molar-refractivity contribution in [3.8, 4) is 0 Å². The van der Waals surface area contributed by atoms with Gasteiger partial charge in [0, 0.05) is 32.5 Å². The van der Waals surface area contributed by atoms with Gasteiger partial charge in [-0.05, 0) is 18.1 Å². The highest BCUT2D eigenvalue weighted by Gasteiger charge is 2.31. The minimum absolute atomic E-state index is 0.104. The first-order valence-electron chi connectivity index (χ1n) is 10.1. The van der Waals surface area contributed by atoms with E-state index in [1.807, 2.05) is 47.3 Å². The fourth-order valence-corrected chi connectivity index (χ4v) is 3.65. The Morgan fingerprint density at radius 1 is 1.17 bits per heavy atom. The molecule has 9 heteroatoms. The number of hydrogen-bond donors (Lipinski definition) is 3. The Morgan fingerprint density at radius 2 is 1.93 bits per heavy atom. The van der Waals surface area contributed by atoms with Gasteiger partial charge >= 0.3 is 0 Å². The topological polar surface area (TPSA) is 122 Å². The monoisotopic (exact) mass is 412 g/mol. The molecule has 1 aliphatic heterocycles. The number of amides is 3. The van der Waals surface area contributed by atoms with Crippen LogP contribution >= 0.6 is 0 Å². The van der Waals surface area contributed by atoms with Gasteiger partial charge in [-0.2, -0.15) is 5.10 Å². The molecule has 3 atom stereocenters. The van der Waals surface area contributed by atoms with E-state index in [0.717, 1.165) is 12.0 Å². The van der Waals surface area contributed by atoms with E-state index in [9.17, 15) is 14.4 Å². The number of nitrogens with two attached hydrogens (primary N) is 1. The fraction of sp³-hybridized carbons (Fsp3) is 0.429. The number of benzene rings is 1. The van der Waals surface area contributed by atoms with Crippen molar-refractivity contribution in [1.29, 1.82) is 0 Å². The summed E-state index contributed by atoms with van der Waals surface area (Å²) in [6.45, 7) is 1.11. The Labute approximate surface area is 175 Å². The van der Waals surface area contributed by atoms with Crippen LogP contribution < -0.4 is 16.4 Å². The Morgan fingerprint density at radius 3 is 2.60 bits per heavy atom. The van der Waals surface area contributed by atoms with Crippen molar-refractivity contribution in [3.63, 3.8) is 0 Å². The van der Waals surface area contributed by atoms with Crippen LogP contribution in [0.2, 0.25) is 0 Å². The SMILES string of the molecule is CNC(=O)C[C@H](NC(=O)CC(N)C(=O)N1CCC(n2cccn2)C1)c1ccccc1. The van der Waals surface area contributed by atoms with E-state index in [-0.39, 0.29) is 36.6 Å². The summed E-state index contributed by atoms with van der Waals surface area (Å²) in [4.78, 5) is 38.8. The normalized spacial score (nSPS) is 17.9. The van der Waals surface area contributed by atoms with Crippen LogP contribution in [0.1, 0.15) is 36.9 Å². The van der Waals surface area contributed by atoms with Crippen LogP contribution in [-0.4, -0.2) is 58.6 Å². The Hall–Kier alpha value is -3.20. The van der Waals surface area contributed by atoms with Gasteiger partial charge in [-0.1, -0.05) is 30.3 Å². The number of likely N-dealkylation sites (tertiary alicyclic amines) is 1. The van der Waals surface area contributed by atoms with Crippen molar-refractivity contribution in [2.24, 2.45) is 5.73 Å². The number of nitrogens with zero attached hydrogens (tertiary/aromatic N) is 3. The molecule has 0 saturated carbocycles. The highest BCUT2D eigenvalue weighted by atomic mass is 16.2. The van der Waals surface area contributed by atoms with Gasteiger partial charge in [0.05, 0.1) is 31.0 Å². The van der Waals surface area contributed by atoms with Crippen LogP contribution in [0.15, 0.2) is 48.8 Å². The van der Waals surface area contributed by atoms with E-state index in [2.05, 4.69) is 15.7 Å². The molecule has 1 aromatic carbocycles. The molecule has 2 aromatic rings. The van der Waals surface area contributed by atoms with Gasteiger partial charge in [0.15, 0.2) is 0 Å². The average molecular weight is 412 g/mol. The first-order valence-corrected chi connectivity index (χ1v) is 10.1. The lowest BCUT2D eigenvalue weighted by Gasteiger charge is -2.22. The van der Waals surface area contributed by atoms with Crippen LogP contribution in [0.25, 0.3) is 0 Å².